The number of hydrogen-bond acceptors (Lipinski definition) is 3. The lowest BCUT2D eigenvalue weighted by atomic mass is 9.87. The number of anilines is 1. The Morgan fingerprint density at radius 3 is 2.74 bits per heavy atom. The molecular weight excluding hydrogens is 292 g/mol. The van der Waals surface area contributed by atoms with E-state index < -0.39 is 5.91 Å². The van der Waals surface area contributed by atoms with Crippen molar-refractivity contribution in [2.75, 3.05) is 12.4 Å². The molecule has 0 saturated carbocycles. The molecule has 1 aliphatic carbocycles. The predicted octanol–water partition coefficient (Wildman–Crippen LogP) is 2.76. The molecule has 0 unspecified atom stereocenters. The lowest BCUT2D eigenvalue weighted by Crippen LogP contribution is -2.27. The Bertz CT molecular complexity index is 778. The van der Waals surface area contributed by atoms with Crippen LogP contribution in [0.2, 0.25) is 0 Å². The number of nitrogens with one attached hydrogen (secondary N) is 2. The van der Waals surface area contributed by atoms with E-state index in [0.29, 0.717) is 17.4 Å². The van der Waals surface area contributed by atoms with Gasteiger partial charge in [0.05, 0.1) is 7.11 Å². The van der Waals surface area contributed by atoms with Gasteiger partial charge in [-0.05, 0) is 61.1 Å². The molecule has 2 aromatic rings. The second-order valence-electron chi connectivity index (χ2n) is 6.05. The topological polar surface area (TPSA) is 71.2 Å². The van der Waals surface area contributed by atoms with Gasteiger partial charge in [0.2, 0.25) is 0 Å². The second kappa shape index (κ2) is 6.28. The first-order chi connectivity index (χ1) is 11.1. The number of aromatic nitrogens is 1. The van der Waals surface area contributed by atoms with Gasteiger partial charge in [-0.25, -0.2) is 0 Å². The summed E-state index contributed by atoms with van der Waals surface area (Å²) in [4.78, 5) is 27.4. The third-order valence-electron chi connectivity index (χ3n) is 4.26. The highest BCUT2D eigenvalue weighted by Crippen LogP contribution is 2.23. The summed E-state index contributed by atoms with van der Waals surface area (Å²) in [7, 11) is 1.58. The van der Waals surface area contributed by atoms with Gasteiger partial charge in [0, 0.05) is 11.4 Å². The van der Waals surface area contributed by atoms with Gasteiger partial charge < -0.3 is 15.0 Å². The smallest absolute Gasteiger partial charge is 0.261 e. The Labute approximate surface area is 134 Å². The standard InChI is InChI=1S/C18H20N2O3/c1-11-3-8-16-12(9-11)10-15(18(22)20-16)17(21)19-13-4-6-14(23-2)7-5-13/h4-7,10-11H,3,8-9H2,1-2H3,(H,19,21)(H,20,22)/t11-/m0/s1. The van der Waals surface area contributed by atoms with Gasteiger partial charge in [-0.2, -0.15) is 0 Å². The molecule has 1 amide bonds. The zero-order valence-electron chi connectivity index (χ0n) is 13.3. The van der Waals surface area contributed by atoms with Gasteiger partial charge in [0.1, 0.15) is 11.3 Å². The number of rotatable bonds is 3. The minimum Gasteiger partial charge on any atom is -0.497 e. The first kappa shape index (κ1) is 15.3. The van der Waals surface area contributed by atoms with E-state index in [-0.39, 0.29) is 11.1 Å². The van der Waals surface area contributed by atoms with Crippen molar-refractivity contribution >= 4 is 11.6 Å². The maximum absolute atomic E-state index is 12.4. The van der Waals surface area contributed by atoms with Crippen LogP contribution in [-0.2, 0) is 12.8 Å². The van der Waals surface area contributed by atoms with E-state index in [9.17, 15) is 9.59 Å². The molecule has 1 aromatic carbocycles. The Hall–Kier alpha value is -2.56. The molecule has 1 aliphatic rings. The number of amides is 1. The second-order valence-corrected chi connectivity index (χ2v) is 6.05. The van der Waals surface area contributed by atoms with Gasteiger partial charge in [-0.1, -0.05) is 6.92 Å². The first-order valence-corrected chi connectivity index (χ1v) is 7.77. The summed E-state index contributed by atoms with van der Waals surface area (Å²) in [5.74, 6) is 0.895. The van der Waals surface area contributed by atoms with E-state index >= 15 is 0 Å². The average Bonchev–Trinajstić information content (AvgIpc) is 2.55. The lowest BCUT2D eigenvalue weighted by Gasteiger charge is -2.21. The summed E-state index contributed by atoms with van der Waals surface area (Å²) in [6, 6.07) is 8.74. The molecule has 1 atom stereocenters. The van der Waals surface area contributed by atoms with Gasteiger partial charge in [-0.3, -0.25) is 9.59 Å². The molecule has 1 aromatic heterocycles. The van der Waals surface area contributed by atoms with E-state index in [1.165, 1.54) is 0 Å². The van der Waals surface area contributed by atoms with Crippen molar-refractivity contribution < 1.29 is 9.53 Å². The lowest BCUT2D eigenvalue weighted by molar-refractivity contribution is 0.102. The number of H-pyrrole nitrogens is 1. The van der Waals surface area contributed by atoms with E-state index in [1.54, 1.807) is 37.4 Å². The normalized spacial score (nSPS) is 16.5. The van der Waals surface area contributed by atoms with Crippen LogP contribution in [-0.4, -0.2) is 18.0 Å². The van der Waals surface area contributed by atoms with E-state index in [0.717, 1.165) is 30.5 Å². The molecule has 0 radical (unpaired) electrons. The number of aryl methyl sites for hydroxylation is 1. The monoisotopic (exact) mass is 312 g/mol. The number of fused-ring (bicyclic) bond motifs is 1. The first-order valence-electron chi connectivity index (χ1n) is 7.77. The van der Waals surface area contributed by atoms with Crippen LogP contribution < -0.4 is 15.6 Å². The molecule has 0 bridgehead atoms. The fourth-order valence-corrected chi connectivity index (χ4v) is 2.93. The molecular formula is C18H20N2O3. The van der Waals surface area contributed by atoms with Crippen LogP contribution in [0.25, 0.3) is 0 Å². The summed E-state index contributed by atoms with van der Waals surface area (Å²) >= 11 is 0. The number of carbonyl (C=O) groups excluding carboxylic acids is 1. The Balaban J connectivity index is 1.84. The molecule has 1 heterocycles. The molecule has 0 spiro atoms. The highest BCUT2D eigenvalue weighted by Gasteiger charge is 2.20. The zero-order valence-corrected chi connectivity index (χ0v) is 13.3. The molecule has 5 heteroatoms. The molecule has 2 N–H and O–H groups in total. The van der Waals surface area contributed by atoms with Crippen LogP contribution in [0.1, 0.15) is 35.0 Å². The highest BCUT2D eigenvalue weighted by atomic mass is 16.5. The van der Waals surface area contributed by atoms with E-state index in [2.05, 4.69) is 17.2 Å². The van der Waals surface area contributed by atoms with Gasteiger partial charge in [0.15, 0.2) is 0 Å². The minimum absolute atomic E-state index is 0.161. The van der Waals surface area contributed by atoms with Gasteiger partial charge in [-0.15, -0.1) is 0 Å². The summed E-state index contributed by atoms with van der Waals surface area (Å²) in [5.41, 5.74) is 2.50. The highest BCUT2D eigenvalue weighted by molar-refractivity contribution is 6.04. The van der Waals surface area contributed by atoms with Crippen LogP contribution in [0.5, 0.6) is 5.75 Å². The zero-order chi connectivity index (χ0) is 16.4. The summed E-state index contributed by atoms with van der Waals surface area (Å²) in [6.45, 7) is 2.19. The summed E-state index contributed by atoms with van der Waals surface area (Å²) < 4.78 is 5.08. The number of aromatic amines is 1. The number of ether oxygens (including phenoxy) is 1. The molecule has 3 rings (SSSR count). The molecule has 0 saturated heterocycles. The Morgan fingerprint density at radius 1 is 1.30 bits per heavy atom. The number of benzene rings is 1. The third kappa shape index (κ3) is 3.28. The fraction of sp³-hybridized carbons (Fsp3) is 0.333. The average molecular weight is 312 g/mol. The Kier molecular flexibility index (Phi) is 4.19. The predicted molar refractivity (Wildman–Crippen MR) is 89.2 cm³/mol. The molecule has 120 valence electrons. The maximum Gasteiger partial charge on any atom is 0.261 e. The maximum atomic E-state index is 12.4. The quantitative estimate of drug-likeness (QED) is 0.915. The summed E-state index contributed by atoms with van der Waals surface area (Å²) in [5, 5.41) is 2.75. The van der Waals surface area contributed by atoms with E-state index in [4.69, 9.17) is 4.74 Å². The van der Waals surface area contributed by atoms with Gasteiger partial charge in [0.25, 0.3) is 11.5 Å². The van der Waals surface area contributed by atoms with Gasteiger partial charge >= 0.3 is 0 Å². The van der Waals surface area contributed by atoms with Crippen molar-refractivity contribution in [2.24, 2.45) is 5.92 Å². The fourth-order valence-electron chi connectivity index (χ4n) is 2.93. The third-order valence-corrected chi connectivity index (χ3v) is 4.26. The van der Waals surface area contributed by atoms with Crippen molar-refractivity contribution in [3.8, 4) is 5.75 Å². The van der Waals surface area contributed by atoms with Crippen LogP contribution in [0, 0.1) is 5.92 Å². The van der Waals surface area contributed by atoms with Crippen LogP contribution in [0.4, 0.5) is 5.69 Å². The largest absolute Gasteiger partial charge is 0.497 e. The molecule has 0 fully saturated rings. The van der Waals surface area contributed by atoms with Crippen molar-refractivity contribution in [2.45, 2.75) is 26.2 Å². The molecule has 0 aliphatic heterocycles. The van der Waals surface area contributed by atoms with Crippen LogP contribution in [0.15, 0.2) is 35.1 Å². The van der Waals surface area contributed by atoms with Crippen LogP contribution >= 0.6 is 0 Å². The van der Waals surface area contributed by atoms with Crippen molar-refractivity contribution in [3.05, 3.63) is 57.5 Å². The molecule has 5 nitrogen and oxygen atoms in total. The van der Waals surface area contributed by atoms with Crippen molar-refractivity contribution in [1.29, 1.82) is 0 Å². The van der Waals surface area contributed by atoms with Crippen molar-refractivity contribution in [1.82, 2.24) is 4.98 Å². The van der Waals surface area contributed by atoms with E-state index in [1.807, 2.05) is 0 Å². The number of pyridine rings is 1. The van der Waals surface area contributed by atoms with Crippen molar-refractivity contribution in [3.63, 3.8) is 0 Å². The summed E-state index contributed by atoms with van der Waals surface area (Å²) in [6.07, 6.45) is 2.83. The minimum atomic E-state index is -0.391. The number of methoxy groups -OCH3 is 1. The number of carbonyl (C=O) groups is 1. The number of hydrogen-bond donors (Lipinski definition) is 2. The Morgan fingerprint density at radius 2 is 2.04 bits per heavy atom. The SMILES string of the molecule is COc1ccc(NC(=O)c2cc3c([nH]c2=O)CC[C@H](C)C3)cc1. The van der Waals surface area contributed by atoms with Crippen LogP contribution in [0.3, 0.4) is 0 Å². The molecule has 23 heavy (non-hydrogen) atoms.